The third kappa shape index (κ3) is 0.603. The maximum absolute atomic E-state index is 5.61. The molecule has 2 fully saturated rings. The molecule has 0 aromatic carbocycles. The van der Waals surface area contributed by atoms with E-state index in [0.717, 1.165) is 19.5 Å². The molecule has 2 heterocycles. The number of hydrogen-bond donors (Lipinski definition) is 2. The van der Waals surface area contributed by atoms with Gasteiger partial charge in [0.25, 0.3) is 0 Å². The van der Waals surface area contributed by atoms with Crippen molar-refractivity contribution < 1.29 is 4.74 Å². The molecule has 2 rings (SSSR count). The van der Waals surface area contributed by atoms with E-state index in [1.54, 1.807) is 0 Å². The molecule has 3 heteroatoms. The van der Waals surface area contributed by atoms with E-state index in [1.807, 2.05) is 0 Å². The molecule has 0 bridgehead atoms. The fourth-order valence-corrected chi connectivity index (χ4v) is 1.90. The number of rotatable bonds is 1. The van der Waals surface area contributed by atoms with Crippen molar-refractivity contribution in [1.82, 2.24) is 5.32 Å². The highest BCUT2D eigenvalue weighted by Crippen LogP contribution is 2.50. The Labute approximate surface area is 60.9 Å². The van der Waals surface area contributed by atoms with Crippen molar-refractivity contribution in [2.45, 2.75) is 24.5 Å². The lowest BCUT2D eigenvalue weighted by Gasteiger charge is -2.21. The zero-order chi connectivity index (χ0) is 7.24. The minimum atomic E-state index is 0.0399. The second kappa shape index (κ2) is 1.72. The summed E-state index contributed by atoms with van der Waals surface area (Å²) in [6.45, 7) is 4.81. The first-order valence-corrected chi connectivity index (χ1v) is 3.83. The van der Waals surface area contributed by atoms with Crippen LogP contribution in [0, 0.1) is 0 Å². The number of nitrogens with one attached hydrogen (secondary N) is 1. The predicted molar refractivity (Wildman–Crippen MR) is 38.8 cm³/mol. The fourth-order valence-electron chi connectivity index (χ4n) is 1.90. The van der Waals surface area contributed by atoms with Gasteiger partial charge < -0.3 is 15.8 Å². The molecule has 58 valence electrons. The van der Waals surface area contributed by atoms with Crippen molar-refractivity contribution in [3.63, 3.8) is 0 Å². The molecular weight excluding hydrogens is 128 g/mol. The van der Waals surface area contributed by atoms with Crippen LogP contribution in [-0.2, 0) is 4.74 Å². The summed E-state index contributed by atoms with van der Waals surface area (Å²) in [4.78, 5) is 0. The summed E-state index contributed by atoms with van der Waals surface area (Å²) in [5.41, 5.74) is 5.71. The Morgan fingerprint density at radius 2 is 2.50 bits per heavy atom. The van der Waals surface area contributed by atoms with Gasteiger partial charge in [0.1, 0.15) is 11.2 Å². The third-order valence-corrected chi connectivity index (χ3v) is 2.84. The summed E-state index contributed by atoms with van der Waals surface area (Å²) in [5.74, 6) is 0. The lowest BCUT2D eigenvalue weighted by molar-refractivity contribution is 0.278. The maximum Gasteiger partial charge on any atom is 0.112 e. The van der Waals surface area contributed by atoms with Crippen molar-refractivity contribution >= 4 is 0 Å². The van der Waals surface area contributed by atoms with Crippen LogP contribution in [0.25, 0.3) is 0 Å². The lowest BCUT2D eigenvalue weighted by Crippen LogP contribution is -2.45. The van der Waals surface area contributed by atoms with E-state index in [-0.39, 0.29) is 11.2 Å². The number of hydrogen-bond acceptors (Lipinski definition) is 3. The minimum Gasteiger partial charge on any atom is -0.360 e. The van der Waals surface area contributed by atoms with Gasteiger partial charge in [0.15, 0.2) is 0 Å². The lowest BCUT2D eigenvalue weighted by atomic mass is 9.88. The van der Waals surface area contributed by atoms with Crippen LogP contribution in [0.2, 0.25) is 0 Å². The number of ether oxygens (including phenoxy) is 1. The van der Waals surface area contributed by atoms with E-state index in [0.29, 0.717) is 6.54 Å². The Kier molecular flexibility index (Phi) is 1.14. The van der Waals surface area contributed by atoms with Crippen LogP contribution in [0.3, 0.4) is 0 Å². The Bertz CT molecular complexity index is 158. The summed E-state index contributed by atoms with van der Waals surface area (Å²) in [6, 6.07) is 0. The van der Waals surface area contributed by atoms with Crippen molar-refractivity contribution in [1.29, 1.82) is 0 Å². The molecular formula is C7H14N2O. The molecule has 0 spiro atoms. The first-order valence-electron chi connectivity index (χ1n) is 3.83. The largest absolute Gasteiger partial charge is 0.360 e. The van der Waals surface area contributed by atoms with Crippen molar-refractivity contribution in [2.24, 2.45) is 5.73 Å². The van der Waals surface area contributed by atoms with Gasteiger partial charge in [-0.1, -0.05) is 0 Å². The standard InChI is InChI=1S/C7H14N2O/c1-6-5-9-3-2-7(6,4-8)10-6/h9H,2-5,8H2,1H3. The SMILES string of the molecule is CC12CNCCC1(CN)O2. The molecule has 0 aliphatic carbocycles. The topological polar surface area (TPSA) is 50.6 Å². The van der Waals surface area contributed by atoms with Crippen LogP contribution < -0.4 is 11.1 Å². The van der Waals surface area contributed by atoms with Gasteiger partial charge in [-0.15, -0.1) is 0 Å². The number of epoxide rings is 1. The molecule has 3 nitrogen and oxygen atoms in total. The molecule has 0 saturated carbocycles. The highest BCUT2D eigenvalue weighted by atomic mass is 16.6. The molecule has 0 amide bonds. The first kappa shape index (κ1) is 6.58. The monoisotopic (exact) mass is 142 g/mol. The van der Waals surface area contributed by atoms with Gasteiger partial charge in [0.05, 0.1) is 0 Å². The van der Waals surface area contributed by atoms with Gasteiger partial charge in [-0.2, -0.15) is 0 Å². The van der Waals surface area contributed by atoms with Crippen LogP contribution >= 0.6 is 0 Å². The Morgan fingerprint density at radius 3 is 3.00 bits per heavy atom. The zero-order valence-corrected chi connectivity index (χ0v) is 6.31. The van der Waals surface area contributed by atoms with Crippen molar-refractivity contribution in [3.8, 4) is 0 Å². The summed E-state index contributed by atoms with van der Waals surface area (Å²) in [5, 5.41) is 3.30. The summed E-state index contributed by atoms with van der Waals surface area (Å²) < 4.78 is 5.61. The summed E-state index contributed by atoms with van der Waals surface area (Å²) >= 11 is 0. The fraction of sp³-hybridized carbons (Fsp3) is 1.00. The molecule has 2 aliphatic heterocycles. The van der Waals surface area contributed by atoms with Gasteiger partial charge in [-0.3, -0.25) is 0 Å². The molecule has 0 radical (unpaired) electrons. The quantitative estimate of drug-likeness (QED) is 0.484. The highest BCUT2D eigenvalue weighted by Gasteiger charge is 2.66. The van der Waals surface area contributed by atoms with E-state index < -0.39 is 0 Å². The number of nitrogens with two attached hydrogens (primary N) is 1. The Balaban J connectivity index is 2.13. The molecule has 0 aromatic heterocycles. The van der Waals surface area contributed by atoms with Gasteiger partial charge in [0, 0.05) is 13.1 Å². The summed E-state index contributed by atoms with van der Waals surface area (Å²) in [7, 11) is 0. The van der Waals surface area contributed by atoms with Crippen LogP contribution in [0.15, 0.2) is 0 Å². The zero-order valence-electron chi connectivity index (χ0n) is 6.31. The predicted octanol–water partition coefficient (Wildman–Crippen LogP) is -0.534. The van der Waals surface area contributed by atoms with Crippen LogP contribution in [0.1, 0.15) is 13.3 Å². The average Bonchev–Trinajstić information content (AvgIpc) is 2.56. The van der Waals surface area contributed by atoms with Gasteiger partial charge in [0.2, 0.25) is 0 Å². The highest BCUT2D eigenvalue weighted by molar-refractivity contribution is 5.17. The second-order valence-electron chi connectivity index (χ2n) is 3.46. The number of piperidine rings is 1. The van der Waals surface area contributed by atoms with E-state index in [9.17, 15) is 0 Å². The molecule has 2 saturated heterocycles. The molecule has 2 atom stereocenters. The van der Waals surface area contributed by atoms with Crippen LogP contribution in [-0.4, -0.2) is 30.8 Å². The van der Waals surface area contributed by atoms with E-state index in [1.165, 1.54) is 0 Å². The summed E-state index contributed by atoms with van der Waals surface area (Å²) in [6.07, 6.45) is 1.07. The average molecular weight is 142 g/mol. The molecule has 3 N–H and O–H groups in total. The molecule has 0 aromatic rings. The van der Waals surface area contributed by atoms with Crippen LogP contribution in [0.5, 0.6) is 0 Å². The normalized spacial score (nSPS) is 52.2. The van der Waals surface area contributed by atoms with Gasteiger partial charge in [-0.05, 0) is 19.9 Å². The smallest absolute Gasteiger partial charge is 0.112 e. The van der Waals surface area contributed by atoms with Crippen molar-refractivity contribution in [3.05, 3.63) is 0 Å². The molecule has 2 aliphatic rings. The number of fused-ring (bicyclic) bond motifs is 1. The van der Waals surface area contributed by atoms with Crippen molar-refractivity contribution in [2.75, 3.05) is 19.6 Å². The van der Waals surface area contributed by atoms with E-state index >= 15 is 0 Å². The van der Waals surface area contributed by atoms with E-state index in [2.05, 4.69) is 12.2 Å². The third-order valence-electron chi connectivity index (χ3n) is 2.84. The maximum atomic E-state index is 5.61. The molecule has 2 unspecified atom stereocenters. The Morgan fingerprint density at radius 1 is 1.70 bits per heavy atom. The Hall–Kier alpha value is -0.120. The van der Waals surface area contributed by atoms with Crippen LogP contribution in [0.4, 0.5) is 0 Å². The van der Waals surface area contributed by atoms with Gasteiger partial charge >= 0.3 is 0 Å². The van der Waals surface area contributed by atoms with Gasteiger partial charge in [-0.25, -0.2) is 0 Å². The molecule has 10 heavy (non-hydrogen) atoms. The first-order chi connectivity index (χ1) is 4.72. The van der Waals surface area contributed by atoms with E-state index in [4.69, 9.17) is 10.5 Å². The minimum absolute atomic E-state index is 0.0399. The second-order valence-corrected chi connectivity index (χ2v) is 3.46.